The Morgan fingerprint density at radius 2 is 1.79 bits per heavy atom. The van der Waals surface area contributed by atoms with Crippen LogP contribution in [0.3, 0.4) is 0 Å². The van der Waals surface area contributed by atoms with E-state index in [4.69, 9.17) is 27.9 Å². The number of halogens is 2. The van der Waals surface area contributed by atoms with Crippen LogP contribution in [0.15, 0.2) is 72.3 Å². The Bertz CT molecular complexity index is 1290. The average molecular weight is 484 g/mol. The van der Waals surface area contributed by atoms with Crippen LogP contribution in [0.5, 0.6) is 5.75 Å². The molecular formula is C23H15Cl2N3O5. The molecule has 0 aromatic heterocycles. The quantitative estimate of drug-likeness (QED) is 0.231. The summed E-state index contributed by atoms with van der Waals surface area (Å²) >= 11 is 12.1. The number of rotatable bonds is 6. The third-order valence-corrected chi connectivity index (χ3v) is 5.40. The SMILES string of the molecule is O=C1NN(c2ccccc2)C(=O)/C1=C\c1cccc([N+](=O)[O-])c1OCc1ccc(Cl)cc1Cl. The molecule has 1 aliphatic rings. The lowest BCUT2D eigenvalue weighted by Crippen LogP contribution is -2.35. The number of carbonyl (C=O) groups excluding carboxylic acids is 2. The Labute approximate surface area is 198 Å². The average Bonchev–Trinajstić information content (AvgIpc) is 3.08. The number of anilines is 1. The van der Waals surface area contributed by atoms with Gasteiger partial charge in [-0.1, -0.05) is 59.6 Å². The number of ether oxygens (including phenoxy) is 1. The fraction of sp³-hybridized carbons (Fsp3) is 0.0435. The lowest BCUT2D eigenvalue weighted by molar-refractivity contribution is -0.386. The molecule has 0 atom stereocenters. The van der Waals surface area contributed by atoms with Crippen LogP contribution in [0.2, 0.25) is 10.0 Å². The van der Waals surface area contributed by atoms with E-state index >= 15 is 0 Å². The van der Waals surface area contributed by atoms with E-state index in [9.17, 15) is 19.7 Å². The van der Waals surface area contributed by atoms with Crippen molar-refractivity contribution in [3.8, 4) is 5.75 Å². The maximum atomic E-state index is 12.9. The first-order valence-electron chi connectivity index (χ1n) is 9.61. The lowest BCUT2D eigenvalue weighted by atomic mass is 10.1. The number of benzene rings is 3. The Balaban J connectivity index is 1.69. The van der Waals surface area contributed by atoms with Gasteiger partial charge in [0.2, 0.25) is 5.75 Å². The van der Waals surface area contributed by atoms with E-state index in [1.54, 1.807) is 42.5 Å². The summed E-state index contributed by atoms with van der Waals surface area (Å²) < 4.78 is 5.76. The van der Waals surface area contributed by atoms with Crippen LogP contribution < -0.4 is 15.2 Å². The minimum atomic E-state index is -0.637. The first-order valence-corrected chi connectivity index (χ1v) is 10.4. The van der Waals surface area contributed by atoms with Gasteiger partial charge in [-0.15, -0.1) is 0 Å². The number of para-hydroxylation sites is 2. The van der Waals surface area contributed by atoms with Crippen LogP contribution in [-0.2, 0) is 16.2 Å². The van der Waals surface area contributed by atoms with Crippen molar-refractivity contribution in [3.05, 3.63) is 104 Å². The van der Waals surface area contributed by atoms with Crippen LogP contribution in [0.4, 0.5) is 11.4 Å². The van der Waals surface area contributed by atoms with Gasteiger partial charge in [0.1, 0.15) is 12.2 Å². The molecule has 166 valence electrons. The molecular weight excluding hydrogens is 469 g/mol. The highest BCUT2D eigenvalue weighted by Crippen LogP contribution is 2.35. The molecule has 0 bridgehead atoms. The molecule has 0 saturated carbocycles. The van der Waals surface area contributed by atoms with E-state index in [1.165, 1.54) is 30.3 Å². The normalized spacial score (nSPS) is 14.5. The highest BCUT2D eigenvalue weighted by molar-refractivity contribution is 6.35. The number of nitro groups is 1. The van der Waals surface area contributed by atoms with Crippen LogP contribution in [0.25, 0.3) is 6.08 Å². The first kappa shape index (κ1) is 22.3. The number of nitro benzene ring substituents is 1. The Hall–Kier alpha value is -3.88. The minimum Gasteiger partial charge on any atom is -0.481 e. The second-order valence-corrected chi connectivity index (χ2v) is 7.80. The summed E-state index contributed by atoms with van der Waals surface area (Å²) in [6.07, 6.45) is 1.27. The van der Waals surface area contributed by atoms with Crippen molar-refractivity contribution < 1.29 is 19.2 Å². The zero-order valence-corrected chi connectivity index (χ0v) is 18.3. The molecule has 8 nitrogen and oxygen atoms in total. The second kappa shape index (κ2) is 9.32. The number of hydrogen-bond donors (Lipinski definition) is 1. The number of hydrogen-bond acceptors (Lipinski definition) is 5. The molecule has 0 radical (unpaired) electrons. The molecule has 4 rings (SSSR count). The molecule has 1 aliphatic heterocycles. The Kier molecular flexibility index (Phi) is 6.30. The maximum Gasteiger partial charge on any atom is 0.311 e. The third kappa shape index (κ3) is 4.67. The summed E-state index contributed by atoms with van der Waals surface area (Å²) in [5.41, 5.74) is 3.22. The van der Waals surface area contributed by atoms with Crippen LogP contribution in [-0.4, -0.2) is 16.7 Å². The standard InChI is InChI=1S/C23H15Cl2N3O5/c24-16-10-9-15(19(25)12-16)13-33-21-14(5-4-8-20(21)28(31)32)11-18-22(29)26-27(23(18)30)17-6-2-1-3-7-17/h1-12H,13H2,(H,26,29)/b18-11-. The van der Waals surface area contributed by atoms with Crippen molar-refractivity contribution in [1.29, 1.82) is 0 Å². The summed E-state index contributed by atoms with van der Waals surface area (Å²) in [7, 11) is 0. The molecule has 33 heavy (non-hydrogen) atoms. The number of hydrazine groups is 1. The number of carbonyl (C=O) groups is 2. The summed E-state index contributed by atoms with van der Waals surface area (Å²) in [6.45, 7) is -0.0900. The topological polar surface area (TPSA) is 102 Å². The van der Waals surface area contributed by atoms with Crippen LogP contribution >= 0.6 is 23.2 Å². The Morgan fingerprint density at radius 3 is 2.48 bits per heavy atom. The summed E-state index contributed by atoms with van der Waals surface area (Å²) in [4.78, 5) is 36.4. The summed E-state index contributed by atoms with van der Waals surface area (Å²) in [5, 5.41) is 13.5. The molecule has 3 aromatic rings. The van der Waals surface area contributed by atoms with Gasteiger partial charge in [0.15, 0.2) is 0 Å². The van der Waals surface area contributed by atoms with Crippen LogP contribution in [0, 0.1) is 10.1 Å². The molecule has 1 saturated heterocycles. The number of amides is 2. The van der Waals surface area contributed by atoms with Crippen molar-refractivity contribution in [2.75, 3.05) is 5.01 Å². The molecule has 10 heteroatoms. The third-order valence-electron chi connectivity index (χ3n) is 4.81. The van der Waals surface area contributed by atoms with E-state index in [2.05, 4.69) is 5.43 Å². The predicted octanol–water partition coefficient (Wildman–Crippen LogP) is 4.94. The molecule has 1 N–H and O–H groups in total. The molecule has 0 aliphatic carbocycles. The summed E-state index contributed by atoms with van der Waals surface area (Å²) in [6, 6.07) is 17.6. The maximum absolute atomic E-state index is 12.9. The number of nitrogens with zero attached hydrogens (tertiary/aromatic N) is 2. The van der Waals surface area contributed by atoms with Crippen molar-refractivity contribution in [1.82, 2.24) is 5.43 Å². The smallest absolute Gasteiger partial charge is 0.311 e. The van der Waals surface area contributed by atoms with E-state index in [0.717, 1.165) is 5.01 Å². The van der Waals surface area contributed by atoms with Gasteiger partial charge in [-0.25, -0.2) is 5.01 Å². The molecule has 1 fully saturated rings. The van der Waals surface area contributed by atoms with E-state index in [1.807, 2.05) is 0 Å². The van der Waals surface area contributed by atoms with Crippen molar-refractivity contribution in [2.24, 2.45) is 0 Å². The predicted molar refractivity (Wildman–Crippen MR) is 124 cm³/mol. The lowest BCUT2D eigenvalue weighted by Gasteiger charge is -2.14. The monoisotopic (exact) mass is 483 g/mol. The van der Waals surface area contributed by atoms with Gasteiger partial charge >= 0.3 is 5.69 Å². The molecule has 1 heterocycles. The van der Waals surface area contributed by atoms with E-state index in [-0.39, 0.29) is 29.2 Å². The van der Waals surface area contributed by atoms with Gasteiger partial charge in [-0.2, -0.15) is 0 Å². The van der Waals surface area contributed by atoms with Crippen LogP contribution in [0.1, 0.15) is 11.1 Å². The summed E-state index contributed by atoms with van der Waals surface area (Å²) in [5.74, 6) is -1.33. The molecule has 2 amide bonds. The van der Waals surface area contributed by atoms with E-state index in [0.29, 0.717) is 21.3 Å². The van der Waals surface area contributed by atoms with Gasteiger partial charge in [-0.3, -0.25) is 25.1 Å². The molecule has 0 unspecified atom stereocenters. The highest BCUT2D eigenvalue weighted by Gasteiger charge is 2.35. The van der Waals surface area contributed by atoms with Crippen molar-refractivity contribution in [3.63, 3.8) is 0 Å². The van der Waals surface area contributed by atoms with Gasteiger partial charge in [-0.05, 0) is 30.3 Å². The highest BCUT2D eigenvalue weighted by atomic mass is 35.5. The Morgan fingerprint density at radius 1 is 1.03 bits per heavy atom. The first-order chi connectivity index (χ1) is 15.8. The molecule has 3 aromatic carbocycles. The van der Waals surface area contributed by atoms with Crippen molar-refractivity contribution in [2.45, 2.75) is 6.61 Å². The minimum absolute atomic E-state index is 0.0900. The zero-order valence-electron chi connectivity index (χ0n) is 16.8. The fourth-order valence-electron chi connectivity index (χ4n) is 3.22. The van der Waals surface area contributed by atoms with Gasteiger partial charge in [0.25, 0.3) is 11.8 Å². The fourth-order valence-corrected chi connectivity index (χ4v) is 3.68. The van der Waals surface area contributed by atoms with Crippen molar-refractivity contribution >= 4 is 52.5 Å². The van der Waals surface area contributed by atoms with Gasteiger partial charge < -0.3 is 4.74 Å². The van der Waals surface area contributed by atoms with Gasteiger partial charge in [0.05, 0.1) is 10.6 Å². The van der Waals surface area contributed by atoms with Gasteiger partial charge in [0, 0.05) is 27.2 Å². The zero-order chi connectivity index (χ0) is 23.5. The largest absolute Gasteiger partial charge is 0.481 e. The number of nitrogens with one attached hydrogen (secondary N) is 1. The second-order valence-electron chi connectivity index (χ2n) is 6.95. The van der Waals surface area contributed by atoms with E-state index < -0.39 is 16.7 Å². The molecule has 0 spiro atoms.